The molecule has 1 saturated carbocycles. The lowest BCUT2D eigenvalue weighted by atomic mass is 9.85. The Morgan fingerprint density at radius 3 is 2.62 bits per heavy atom. The topological polar surface area (TPSA) is 38.8 Å². The van der Waals surface area contributed by atoms with Crippen molar-refractivity contribution < 1.29 is 14.3 Å². The van der Waals surface area contributed by atoms with Crippen LogP contribution in [-0.2, 0) is 0 Å². The molecule has 3 rings (SSSR count). The van der Waals surface area contributed by atoms with Crippen LogP contribution in [0.3, 0.4) is 0 Å². The Hall–Kier alpha value is -1.71. The molecule has 1 aliphatic heterocycles. The number of hydrogen-bond donors (Lipinski definition) is 0. The third kappa shape index (κ3) is 2.85. The van der Waals surface area contributed by atoms with Crippen molar-refractivity contribution in [2.24, 2.45) is 5.92 Å². The van der Waals surface area contributed by atoms with Crippen LogP contribution in [0.1, 0.15) is 43.0 Å². The molecule has 0 radical (unpaired) electrons. The fourth-order valence-electron chi connectivity index (χ4n) is 3.40. The molecule has 4 nitrogen and oxygen atoms in total. The molecule has 1 aromatic carbocycles. The maximum atomic E-state index is 12.7. The van der Waals surface area contributed by atoms with Gasteiger partial charge in [0.05, 0.1) is 0 Å². The maximum Gasteiger partial charge on any atom is 0.253 e. The van der Waals surface area contributed by atoms with E-state index < -0.39 is 0 Å². The average Bonchev–Trinajstić information content (AvgIpc) is 2.53. The summed E-state index contributed by atoms with van der Waals surface area (Å²) in [5, 5.41) is 0. The largest absolute Gasteiger partial charge is 0.486 e. The van der Waals surface area contributed by atoms with Crippen LogP contribution >= 0.6 is 0 Å². The van der Waals surface area contributed by atoms with E-state index in [1.54, 1.807) is 6.07 Å². The molecular weight excluding hydrogens is 266 g/mol. The second-order valence-electron chi connectivity index (χ2n) is 6.10. The van der Waals surface area contributed by atoms with Gasteiger partial charge in [-0.1, -0.05) is 19.8 Å². The third-order valence-electron chi connectivity index (χ3n) is 4.67. The fourth-order valence-corrected chi connectivity index (χ4v) is 3.40. The SMILES string of the molecule is CC1CCCCC1N(C)C(=O)c1ccc2c(c1)OCCO2. The molecule has 0 aromatic heterocycles. The summed E-state index contributed by atoms with van der Waals surface area (Å²) in [5.74, 6) is 2.05. The van der Waals surface area contributed by atoms with Gasteiger partial charge < -0.3 is 14.4 Å². The molecule has 4 heteroatoms. The first-order valence-electron chi connectivity index (χ1n) is 7.83. The van der Waals surface area contributed by atoms with Crippen molar-refractivity contribution in [3.63, 3.8) is 0 Å². The van der Waals surface area contributed by atoms with Gasteiger partial charge in [-0.05, 0) is 37.0 Å². The molecule has 2 aliphatic rings. The van der Waals surface area contributed by atoms with Gasteiger partial charge in [-0.2, -0.15) is 0 Å². The smallest absolute Gasteiger partial charge is 0.253 e. The van der Waals surface area contributed by atoms with Crippen molar-refractivity contribution >= 4 is 5.91 Å². The first-order chi connectivity index (χ1) is 10.2. The Labute approximate surface area is 126 Å². The van der Waals surface area contributed by atoms with E-state index in [1.165, 1.54) is 19.3 Å². The van der Waals surface area contributed by atoms with E-state index in [9.17, 15) is 4.79 Å². The molecule has 21 heavy (non-hydrogen) atoms. The van der Waals surface area contributed by atoms with Gasteiger partial charge >= 0.3 is 0 Å². The molecule has 0 N–H and O–H groups in total. The number of fused-ring (bicyclic) bond motifs is 1. The summed E-state index contributed by atoms with van der Waals surface area (Å²) in [6.07, 6.45) is 4.81. The molecule has 1 fully saturated rings. The van der Waals surface area contributed by atoms with Gasteiger partial charge in [0, 0.05) is 18.7 Å². The van der Waals surface area contributed by atoms with Crippen LogP contribution in [-0.4, -0.2) is 37.1 Å². The van der Waals surface area contributed by atoms with E-state index in [0.29, 0.717) is 36.5 Å². The van der Waals surface area contributed by atoms with Crippen LogP contribution in [0, 0.1) is 5.92 Å². The zero-order chi connectivity index (χ0) is 14.8. The minimum atomic E-state index is 0.0747. The van der Waals surface area contributed by atoms with Crippen LogP contribution in [0.2, 0.25) is 0 Å². The fraction of sp³-hybridized carbons (Fsp3) is 0.588. The molecule has 2 atom stereocenters. The van der Waals surface area contributed by atoms with Crippen molar-refractivity contribution in [3.8, 4) is 11.5 Å². The Morgan fingerprint density at radius 2 is 1.86 bits per heavy atom. The monoisotopic (exact) mass is 289 g/mol. The van der Waals surface area contributed by atoms with Crippen LogP contribution in [0.4, 0.5) is 0 Å². The number of nitrogens with zero attached hydrogens (tertiary/aromatic N) is 1. The van der Waals surface area contributed by atoms with Gasteiger partial charge in [0.1, 0.15) is 13.2 Å². The number of ether oxygens (including phenoxy) is 2. The second-order valence-corrected chi connectivity index (χ2v) is 6.10. The van der Waals surface area contributed by atoms with Crippen LogP contribution in [0.25, 0.3) is 0 Å². The van der Waals surface area contributed by atoms with Crippen molar-refractivity contribution in [1.29, 1.82) is 0 Å². The van der Waals surface area contributed by atoms with E-state index in [-0.39, 0.29) is 5.91 Å². The molecule has 2 unspecified atom stereocenters. The molecule has 0 bridgehead atoms. The molecule has 1 aromatic rings. The molecule has 0 spiro atoms. The highest BCUT2D eigenvalue weighted by Gasteiger charge is 2.28. The first-order valence-corrected chi connectivity index (χ1v) is 7.83. The molecule has 1 aliphatic carbocycles. The van der Waals surface area contributed by atoms with E-state index >= 15 is 0 Å². The van der Waals surface area contributed by atoms with Gasteiger partial charge in [-0.3, -0.25) is 4.79 Å². The molecule has 0 saturated heterocycles. The Kier molecular flexibility index (Phi) is 4.04. The molecule has 1 heterocycles. The number of rotatable bonds is 2. The Morgan fingerprint density at radius 1 is 1.14 bits per heavy atom. The van der Waals surface area contributed by atoms with Gasteiger partial charge in [0.15, 0.2) is 11.5 Å². The Bertz CT molecular complexity index is 529. The molecular formula is C17H23NO3. The lowest BCUT2D eigenvalue weighted by Gasteiger charge is -2.36. The van der Waals surface area contributed by atoms with E-state index in [0.717, 1.165) is 12.2 Å². The highest BCUT2D eigenvalue weighted by Crippen LogP contribution is 2.32. The minimum absolute atomic E-state index is 0.0747. The van der Waals surface area contributed by atoms with Crippen molar-refractivity contribution in [2.45, 2.75) is 38.6 Å². The van der Waals surface area contributed by atoms with E-state index in [1.807, 2.05) is 24.1 Å². The Balaban J connectivity index is 1.77. The normalized spacial score (nSPS) is 24.5. The third-order valence-corrected chi connectivity index (χ3v) is 4.67. The van der Waals surface area contributed by atoms with Gasteiger partial charge in [0.2, 0.25) is 0 Å². The number of hydrogen-bond acceptors (Lipinski definition) is 3. The predicted octanol–water partition coefficient (Wildman–Crippen LogP) is 3.11. The summed E-state index contributed by atoms with van der Waals surface area (Å²) in [7, 11) is 1.92. The van der Waals surface area contributed by atoms with Crippen molar-refractivity contribution in [1.82, 2.24) is 4.90 Å². The minimum Gasteiger partial charge on any atom is -0.486 e. The summed E-state index contributed by atoms with van der Waals surface area (Å²) in [4.78, 5) is 14.6. The summed E-state index contributed by atoms with van der Waals surface area (Å²) in [6, 6.07) is 5.82. The van der Waals surface area contributed by atoms with E-state index in [2.05, 4.69) is 6.92 Å². The average molecular weight is 289 g/mol. The lowest BCUT2D eigenvalue weighted by molar-refractivity contribution is 0.0628. The lowest BCUT2D eigenvalue weighted by Crippen LogP contribution is -2.42. The highest BCUT2D eigenvalue weighted by atomic mass is 16.6. The quantitative estimate of drug-likeness (QED) is 0.839. The zero-order valence-corrected chi connectivity index (χ0v) is 12.8. The maximum absolute atomic E-state index is 12.7. The number of carbonyl (C=O) groups is 1. The summed E-state index contributed by atoms with van der Waals surface area (Å²) in [6.45, 7) is 3.36. The van der Waals surface area contributed by atoms with Gasteiger partial charge in [-0.15, -0.1) is 0 Å². The van der Waals surface area contributed by atoms with E-state index in [4.69, 9.17) is 9.47 Å². The van der Waals surface area contributed by atoms with Crippen molar-refractivity contribution in [2.75, 3.05) is 20.3 Å². The summed E-state index contributed by atoms with van der Waals surface area (Å²) >= 11 is 0. The van der Waals surface area contributed by atoms with Crippen LogP contribution in [0.5, 0.6) is 11.5 Å². The molecule has 1 amide bonds. The standard InChI is InChI=1S/C17H23NO3/c1-12-5-3-4-6-14(12)18(2)17(19)13-7-8-15-16(11-13)21-10-9-20-15/h7-8,11-12,14H,3-6,9-10H2,1-2H3. The first kappa shape index (κ1) is 14.2. The zero-order valence-electron chi connectivity index (χ0n) is 12.8. The second kappa shape index (κ2) is 5.96. The summed E-state index contributed by atoms with van der Waals surface area (Å²) in [5.41, 5.74) is 0.680. The number of benzene rings is 1. The number of carbonyl (C=O) groups excluding carboxylic acids is 1. The highest BCUT2D eigenvalue weighted by molar-refractivity contribution is 5.95. The summed E-state index contributed by atoms with van der Waals surface area (Å²) < 4.78 is 11.1. The van der Waals surface area contributed by atoms with Crippen LogP contribution in [0.15, 0.2) is 18.2 Å². The van der Waals surface area contributed by atoms with Crippen molar-refractivity contribution in [3.05, 3.63) is 23.8 Å². The molecule has 114 valence electrons. The van der Waals surface area contributed by atoms with Crippen LogP contribution < -0.4 is 9.47 Å². The predicted molar refractivity (Wildman–Crippen MR) is 80.9 cm³/mol. The van der Waals surface area contributed by atoms with Gasteiger partial charge in [-0.25, -0.2) is 0 Å². The van der Waals surface area contributed by atoms with Gasteiger partial charge in [0.25, 0.3) is 5.91 Å². The number of amides is 1.